The Hall–Kier alpha value is -0.360. The highest BCUT2D eigenvalue weighted by Crippen LogP contribution is 2.46. The van der Waals surface area contributed by atoms with Crippen molar-refractivity contribution in [2.75, 3.05) is 0 Å². The number of hydrogen-bond acceptors (Lipinski definition) is 4. The lowest BCUT2D eigenvalue weighted by atomic mass is 9.82. The molecule has 0 aromatic heterocycles. The number of carbonyl (C=O) groups excluding carboxylic acids is 1. The molecule has 6 heteroatoms. The highest BCUT2D eigenvalue weighted by Gasteiger charge is 2.66. The van der Waals surface area contributed by atoms with Crippen molar-refractivity contribution < 1.29 is 37.0 Å². The molecule has 0 aromatic carbocycles. The second-order valence-corrected chi connectivity index (χ2v) is 7.24. The average Bonchev–Trinajstić information content (AvgIpc) is 3.04. The predicted molar refractivity (Wildman–Crippen MR) is 73.7 cm³/mol. The van der Waals surface area contributed by atoms with Gasteiger partial charge in [-0.3, -0.25) is 4.74 Å². The van der Waals surface area contributed by atoms with Crippen LogP contribution < -0.4 is 17.9 Å². The van der Waals surface area contributed by atoms with Crippen molar-refractivity contribution in [3.05, 3.63) is 0 Å². The number of carbonyl (C=O) groups is 1. The average molecular weight is 332 g/mol. The molecule has 0 amide bonds. The van der Waals surface area contributed by atoms with Gasteiger partial charge in [-0.25, -0.2) is 4.79 Å². The molecule has 2 atom stereocenters. The van der Waals surface area contributed by atoms with Crippen LogP contribution in [0.1, 0.15) is 70.6 Å². The van der Waals surface area contributed by atoms with E-state index in [4.69, 9.17) is 14.3 Å². The number of esters is 1. The normalized spacial score (nSPS) is 38.2. The van der Waals surface area contributed by atoms with Gasteiger partial charge in [0.2, 0.25) is 5.79 Å². The van der Waals surface area contributed by atoms with Crippen LogP contribution in [0.4, 0.5) is 0 Å². The summed E-state index contributed by atoms with van der Waals surface area (Å²) in [4.78, 5) is 18.2. The molecule has 22 heavy (non-hydrogen) atoms. The maximum absolute atomic E-state index is 12.4. The number of nitrogens with two attached hydrogens (primary N) is 1. The molecule has 2 heterocycles. The first-order valence-electron chi connectivity index (χ1n) is 8.66. The van der Waals surface area contributed by atoms with Crippen molar-refractivity contribution in [1.82, 2.24) is 0 Å². The van der Waals surface area contributed by atoms with E-state index in [1.54, 1.807) is 0 Å². The van der Waals surface area contributed by atoms with E-state index in [2.05, 4.69) is 0 Å². The highest BCUT2D eigenvalue weighted by atomic mass is 35.5. The van der Waals surface area contributed by atoms with E-state index < -0.39 is 11.6 Å². The summed E-state index contributed by atoms with van der Waals surface area (Å²) in [7, 11) is 0. The molecular formula is C16H26ClNO4. The SMILES string of the molecule is O=C1OC2(CCCCC2)O[C@@]12C[C@H](C1CCCCC1)[NH2+]O2.[Cl-]. The van der Waals surface area contributed by atoms with Crippen molar-refractivity contribution in [3.8, 4) is 0 Å². The fourth-order valence-electron chi connectivity index (χ4n) is 4.55. The summed E-state index contributed by atoms with van der Waals surface area (Å²) in [6, 6.07) is 0.344. The van der Waals surface area contributed by atoms with Crippen LogP contribution in [0.5, 0.6) is 0 Å². The Kier molecular flexibility index (Phi) is 4.70. The maximum atomic E-state index is 12.4. The highest BCUT2D eigenvalue weighted by molar-refractivity contribution is 5.80. The van der Waals surface area contributed by atoms with Crippen LogP contribution in [0.3, 0.4) is 0 Å². The number of hydrogen-bond donors (Lipinski definition) is 1. The van der Waals surface area contributed by atoms with Crippen molar-refractivity contribution >= 4 is 5.97 Å². The largest absolute Gasteiger partial charge is 1.00 e. The van der Waals surface area contributed by atoms with Gasteiger partial charge in [-0.05, 0) is 25.7 Å². The molecular weight excluding hydrogens is 306 g/mol. The van der Waals surface area contributed by atoms with E-state index in [1.807, 2.05) is 5.48 Å². The Morgan fingerprint density at radius 1 is 1.00 bits per heavy atom. The fraction of sp³-hybridized carbons (Fsp3) is 0.938. The Morgan fingerprint density at radius 3 is 2.41 bits per heavy atom. The zero-order valence-electron chi connectivity index (χ0n) is 13.0. The summed E-state index contributed by atoms with van der Waals surface area (Å²) in [6.07, 6.45) is 12.1. The van der Waals surface area contributed by atoms with E-state index in [-0.39, 0.29) is 18.4 Å². The summed E-state index contributed by atoms with van der Waals surface area (Å²) in [5, 5.41) is 0. The molecule has 2 spiro atoms. The number of hydroxylamine groups is 1. The molecule has 2 saturated heterocycles. The first-order valence-corrected chi connectivity index (χ1v) is 8.66. The lowest BCUT2D eigenvalue weighted by Gasteiger charge is -2.30. The van der Waals surface area contributed by atoms with Crippen LogP contribution in [0.25, 0.3) is 0 Å². The van der Waals surface area contributed by atoms with Crippen LogP contribution in [0.2, 0.25) is 0 Å². The van der Waals surface area contributed by atoms with Crippen molar-refractivity contribution in [3.63, 3.8) is 0 Å². The summed E-state index contributed by atoms with van der Waals surface area (Å²) in [5.41, 5.74) is 1.87. The summed E-state index contributed by atoms with van der Waals surface area (Å²) in [5.74, 6) is -1.46. The molecule has 2 aliphatic heterocycles. The van der Waals surface area contributed by atoms with E-state index >= 15 is 0 Å². The number of quaternary nitrogens is 1. The quantitative estimate of drug-likeness (QED) is 0.611. The van der Waals surface area contributed by atoms with Crippen LogP contribution in [0, 0.1) is 5.92 Å². The van der Waals surface area contributed by atoms with Gasteiger partial charge in [-0.15, -0.1) is 0 Å². The molecule has 2 aliphatic carbocycles. The van der Waals surface area contributed by atoms with Gasteiger partial charge in [-0.2, -0.15) is 10.3 Å². The smallest absolute Gasteiger partial charge is 0.375 e. The maximum Gasteiger partial charge on any atom is 0.375 e. The Balaban J connectivity index is 0.00000144. The summed E-state index contributed by atoms with van der Waals surface area (Å²) in [6.45, 7) is 0. The van der Waals surface area contributed by atoms with E-state index in [9.17, 15) is 4.79 Å². The Morgan fingerprint density at radius 2 is 1.68 bits per heavy atom. The van der Waals surface area contributed by atoms with E-state index in [1.165, 1.54) is 38.5 Å². The second kappa shape index (κ2) is 6.27. The topological polar surface area (TPSA) is 61.4 Å². The number of rotatable bonds is 1. The van der Waals surface area contributed by atoms with Gasteiger partial charge in [0.05, 0.1) is 6.42 Å². The van der Waals surface area contributed by atoms with Gasteiger partial charge in [0.1, 0.15) is 6.04 Å². The Labute approximate surface area is 137 Å². The monoisotopic (exact) mass is 331 g/mol. The third-order valence-corrected chi connectivity index (χ3v) is 5.75. The molecule has 0 radical (unpaired) electrons. The lowest BCUT2D eigenvalue weighted by molar-refractivity contribution is -0.914. The third kappa shape index (κ3) is 2.77. The first kappa shape index (κ1) is 16.5. The molecule has 2 N–H and O–H groups in total. The van der Waals surface area contributed by atoms with Gasteiger partial charge in [-0.1, -0.05) is 25.7 Å². The molecule has 2 saturated carbocycles. The minimum atomic E-state index is -1.13. The molecule has 0 aromatic rings. The number of ether oxygens (including phenoxy) is 2. The van der Waals surface area contributed by atoms with Crippen LogP contribution in [0.15, 0.2) is 0 Å². The van der Waals surface area contributed by atoms with Crippen molar-refractivity contribution in [2.45, 2.75) is 88.2 Å². The molecule has 0 unspecified atom stereocenters. The van der Waals surface area contributed by atoms with E-state index in [0.717, 1.165) is 25.7 Å². The molecule has 5 nitrogen and oxygen atoms in total. The zero-order chi connectivity index (χ0) is 14.3. The van der Waals surface area contributed by atoms with Crippen molar-refractivity contribution in [2.24, 2.45) is 5.92 Å². The van der Waals surface area contributed by atoms with E-state index in [0.29, 0.717) is 18.4 Å². The first-order chi connectivity index (χ1) is 10.2. The standard InChI is InChI=1S/C16H25NO4.ClH/c18-14-16(20-15(19-14)9-5-2-6-10-15)11-13(17-21-16)12-7-3-1-4-8-12;/h12-13,17H,1-11H2;1H/t13-,16-;/m1./s1. The predicted octanol–water partition coefficient (Wildman–Crippen LogP) is -1.23. The zero-order valence-corrected chi connectivity index (χ0v) is 13.8. The minimum absolute atomic E-state index is 0. The molecule has 4 rings (SSSR count). The van der Waals surface area contributed by atoms with Gasteiger partial charge >= 0.3 is 11.8 Å². The van der Waals surface area contributed by atoms with Gasteiger partial charge in [0, 0.05) is 18.8 Å². The lowest BCUT2D eigenvalue weighted by Crippen LogP contribution is -3.00. The molecule has 0 bridgehead atoms. The van der Waals surface area contributed by atoms with Gasteiger partial charge in [0.25, 0.3) is 0 Å². The molecule has 126 valence electrons. The Bertz CT molecular complexity index is 420. The third-order valence-electron chi connectivity index (χ3n) is 5.75. The van der Waals surface area contributed by atoms with Crippen LogP contribution >= 0.6 is 0 Å². The van der Waals surface area contributed by atoms with Crippen molar-refractivity contribution in [1.29, 1.82) is 0 Å². The second-order valence-electron chi connectivity index (χ2n) is 7.24. The van der Waals surface area contributed by atoms with Crippen LogP contribution in [-0.4, -0.2) is 23.6 Å². The summed E-state index contributed by atoms with van der Waals surface area (Å²) >= 11 is 0. The fourth-order valence-corrected chi connectivity index (χ4v) is 4.55. The van der Waals surface area contributed by atoms with Gasteiger partial charge < -0.3 is 17.1 Å². The summed E-state index contributed by atoms with van der Waals surface area (Å²) < 4.78 is 11.8. The van der Waals surface area contributed by atoms with Crippen LogP contribution in [-0.2, 0) is 19.1 Å². The molecule has 4 fully saturated rings. The minimum Gasteiger partial charge on any atom is -1.00 e. The number of halogens is 1. The van der Waals surface area contributed by atoms with Gasteiger partial charge in [0.15, 0.2) is 0 Å². The molecule has 4 aliphatic rings.